The Kier molecular flexibility index (Phi) is 4.20. The first-order chi connectivity index (χ1) is 10.5. The predicted molar refractivity (Wildman–Crippen MR) is 84.2 cm³/mol. The van der Waals surface area contributed by atoms with Crippen LogP contribution in [0.3, 0.4) is 0 Å². The number of aryl methyl sites for hydroxylation is 1. The van der Waals surface area contributed by atoms with E-state index in [9.17, 15) is 13.2 Å². The number of piperazine rings is 1. The smallest absolute Gasteiger partial charge is 0.243 e. The Balaban J connectivity index is 1.91. The Morgan fingerprint density at radius 1 is 1.27 bits per heavy atom. The number of rotatable bonds is 2. The maximum absolute atomic E-state index is 12.8. The van der Waals surface area contributed by atoms with Crippen molar-refractivity contribution in [2.75, 3.05) is 25.0 Å². The number of nitrogens with one attached hydrogen (secondary N) is 2. The van der Waals surface area contributed by atoms with Crippen LogP contribution in [0.5, 0.6) is 0 Å². The highest BCUT2D eigenvalue weighted by molar-refractivity contribution is 7.89. The van der Waals surface area contributed by atoms with Crippen LogP contribution < -0.4 is 10.6 Å². The van der Waals surface area contributed by atoms with Crippen molar-refractivity contribution in [2.45, 2.75) is 37.1 Å². The van der Waals surface area contributed by atoms with Crippen molar-refractivity contribution in [1.29, 1.82) is 0 Å². The molecular formula is C15H21N3O3S. The third-order valence-electron chi connectivity index (χ3n) is 4.17. The van der Waals surface area contributed by atoms with E-state index >= 15 is 0 Å². The molecule has 6 nitrogen and oxygen atoms in total. The van der Waals surface area contributed by atoms with Crippen LogP contribution in [0.25, 0.3) is 0 Å². The third kappa shape index (κ3) is 3.02. The molecule has 22 heavy (non-hydrogen) atoms. The lowest BCUT2D eigenvalue weighted by atomic mass is 10.1. The lowest BCUT2D eigenvalue weighted by Gasteiger charge is -2.31. The molecule has 2 aliphatic heterocycles. The minimum Gasteiger partial charge on any atom is -0.326 e. The summed E-state index contributed by atoms with van der Waals surface area (Å²) in [5.41, 5.74) is 1.63. The fourth-order valence-corrected chi connectivity index (χ4v) is 4.56. The Hall–Kier alpha value is -1.44. The van der Waals surface area contributed by atoms with Gasteiger partial charge in [-0.3, -0.25) is 4.79 Å². The zero-order valence-electron chi connectivity index (χ0n) is 12.6. The number of fused-ring (bicyclic) bond motifs is 1. The van der Waals surface area contributed by atoms with Crippen LogP contribution in [-0.4, -0.2) is 44.3 Å². The summed E-state index contributed by atoms with van der Waals surface area (Å²) in [7, 11) is -3.47. The molecule has 3 rings (SSSR count). The molecule has 0 spiro atoms. The maximum Gasteiger partial charge on any atom is 0.243 e. The van der Waals surface area contributed by atoms with E-state index in [1.807, 2.05) is 6.92 Å². The van der Waals surface area contributed by atoms with Crippen molar-refractivity contribution in [1.82, 2.24) is 9.62 Å². The van der Waals surface area contributed by atoms with Crippen LogP contribution in [0.4, 0.5) is 5.69 Å². The topological polar surface area (TPSA) is 78.5 Å². The van der Waals surface area contributed by atoms with E-state index in [1.165, 1.54) is 4.31 Å². The van der Waals surface area contributed by atoms with E-state index in [0.717, 1.165) is 24.1 Å². The van der Waals surface area contributed by atoms with Crippen molar-refractivity contribution >= 4 is 21.6 Å². The largest absolute Gasteiger partial charge is 0.326 e. The van der Waals surface area contributed by atoms with Crippen molar-refractivity contribution in [2.24, 2.45) is 0 Å². The van der Waals surface area contributed by atoms with E-state index in [4.69, 9.17) is 0 Å². The molecule has 0 bridgehead atoms. The number of carbonyl (C=O) groups is 1. The summed E-state index contributed by atoms with van der Waals surface area (Å²) in [6.45, 7) is 3.62. The molecular weight excluding hydrogens is 302 g/mol. The highest BCUT2D eigenvalue weighted by Crippen LogP contribution is 2.27. The number of hydrogen-bond acceptors (Lipinski definition) is 4. The number of anilines is 1. The molecule has 0 saturated carbocycles. The molecule has 0 aliphatic carbocycles. The highest BCUT2D eigenvalue weighted by Gasteiger charge is 2.29. The molecule has 1 unspecified atom stereocenters. The van der Waals surface area contributed by atoms with Crippen LogP contribution in [0.2, 0.25) is 0 Å². The van der Waals surface area contributed by atoms with E-state index in [-0.39, 0.29) is 11.9 Å². The van der Waals surface area contributed by atoms with Gasteiger partial charge in [-0.2, -0.15) is 4.31 Å². The number of nitrogens with zero attached hydrogens (tertiary/aromatic N) is 1. The molecule has 2 N–H and O–H groups in total. The first kappa shape index (κ1) is 15.5. The van der Waals surface area contributed by atoms with Gasteiger partial charge in [0.15, 0.2) is 0 Å². The van der Waals surface area contributed by atoms with Gasteiger partial charge in [0, 0.05) is 37.8 Å². The van der Waals surface area contributed by atoms with E-state index in [1.54, 1.807) is 18.2 Å². The fourth-order valence-electron chi connectivity index (χ4n) is 2.98. The predicted octanol–water partition coefficient (Wildman–Crippen LogP) is 0.944. The van der Waals surface area contributed by atoms with Gasteiger partial charge in [0.05, 0.1) is 4.90 Å². The molecule has 2 aliphatic rings. The van der Waals surface area contributed by atoms with Crippen molar-refractivity contribution in [3.63, 3.8) is 0 Å². The Labute approximate surface area is 130 Å². The van der Waals surface area contributed by atoms with Crippen LogP contribution >= 0.6 is 0 Å². The number of sulfonamides is 1. The molecule has 1 amide bonds. The fraction of sp³-hybridized carbons (Fsp3) is 0.533. The van der Waals surface area contributed by atoms with Gasteiger partial charge in [0.2, 0.25) is 15.9 Å². The summed E-state index contributed by atoms with van der Waals surface area (Å²) < 4.78 is 27.1. The summed E-state index contributed by atoms with van der Waals surface area (Å²) in [5, 5.41) is 6.08. The summed E-state index contributed by atoms with van der Waals surface area (Å²) in [6, 6.07) is 5.16. The SMILES string of the molecule is CC1CN(S(=O)(=O)c2ccc3c(c2)CCCC(=O)N3)CCN1. The van der Waals surface area contributed by atoms with Gasteiger partial charge >= 0.3 is 0 Å². The lowest BCUT2D eigenvalue weighted by molar-refractivity contribution is -0.116. The summed E-state index contributed by atoms with van der Waals surface area (Å²) in [5.74, 6) is -0.00899. The first-order valence-electron chi connectivity index (χ1n) is 7.63. The van der Waals surface area contributed by atoms with E-state index in [2.05, 4.69) is 10.6 Å². The Bertz CT molecular complexity index is 687. The highest BCUT2D eigenvalue weighted by atomic mass is 32.2. The molecule has 0 aromatic heterocycles. The van der Waals surface area contributed by atoms with Gasteiger partial charge in [0.1, 0.15) is 0 Å². The monoisotopic (exact) mass is 323 g/mol. The molecule has 1 aromatic carbocycles. The molecule has 1 saturated heterocycles. The van der Waals surface area contributed by atoms with Gasteiger partial charge in [0.25, 0.3) is 0 Å². The molecule has 0 radical (unpaired) electrons. The zero-order valence-corrected chi connectivity index (χ0v) is 13.4. The van der Waals surface area contributed by atoms with Gasteiger partial charge in [-0.1, -0.05) is 0 Å². The van der Waals surface area contributed by atoms with Crippen LogP contribution in [-0.2, 0) is 21.2 Å². The number of hydrogen-bond donors (Lipinski definition) is 2. The van der Waals surface area contributed by atoms with Crippen molar-refractivity contribution in [3.05, 3.63) is 23.8 Å². The number of carbonyl (C=O) groups excluding carboxylic acids is 1. The van der Waals surface area contributed by atoms with Crippen LogP contribution in [0.15, 0.2) is 23.1 Å². The van der Waals surface area contributed by atoms with Crippen molar-refractivity contribution in [3.8, 4) is 0 Å². The molecule has 1 fully saturated rings. The molecule has 1 atom stereocenters. The maximum atomic E-state index is 12.8. The van der Waals surface area contributed by atoms with Gasteiger partial charge < -0.3 is 10.6 Å². The molecule has 2 heterocycles. The van der Waals surface area contributed by atoms with Gasteiger partial charge in [-0.25, -0.2) is 8.42 Å². The van der Waals surface area contributed by atoms with Crippen molar-refractivity contribution < 1.29 is 13.2 Å². The first-order valence-corrected chi connectivity index (χ1v) is 9.07. The number of benzene rings is 1. The third-order valence-corrected chi connectivity index (χ3v) is 6.03. The normalized spacial score (nSPS) is 23.5. The molecule has 1 aromatic rings. The Morgan fingerprint density at radius 3 is 2.86 bits per heavy atom. The molecule has 7 heteroatoms. The van der Waals surface area contributed by atoms with E-state index < -0.39 is 10.0 Å². The second-order valence-electron chi connectivity index (χ2n) is 5.94. The minimum atomic E-state index is -3.47. The van der Waals surface area contributed by atoms with Crippen LogP contribution in [0, 0.1) is 0 Å². The second-order valence-corrected chi connectivity index (χ2v) is 7.88. The minimum absolute atomic E-state index is 0.00899. The van der Waals surface area contributed by atoms with E-state index in [0.29, 0.717) is 31.0 Å². The summed E-state index contributed by atoms with van der Waals surface area (Å²) in [4.78, 5) is 11.9. The second kappa shape index (κ2) is 5.98. The standard InChI is InChI=1S/C15H21N3O3S/c1-11-10-18(8-7-16-11)22(20,21)13-5-6-14-12(9-13)3-2-4-15(19)17-14/h5-6,9,11,16H,2-4,7-8,10H2,1H3,(H,17,19). The summed E-state index contributed by atoms with van der Waals surface area (Å²) >= 11 is 0. The number of amides is 1. The molecule has 120 valence electrons. The van der Waals surface area contributed by atoms with Gasteiger partial charge in [-0.05, 0) is 43.5 Å². The lowest BCUT2D eigenvalue weighted by Crippen LogP contribution is -2.51. The summed E-state index contributed by atoms with van der Waals surface area (Å²) in [6.07, 6.45) is 1.94. The van der Waals surface area contributed by atoms with Gasteiger partial charge in [-0.15, -0.1) is 0 Å². The average Bonchev–Trinajstić information content (AvgIpc) is 2.67. The zero-order chi connectivity index (χ0) is 15.7. The Morgan fingerprint density at radius 2 is 2.09 bits per heavy atom. The van der Waals surface area contributed by atoms with Crippen LogP contribution in [0.1, 0.15) is 25.3 Å². The average molecular weight is 323 g/mol. The quantitative estimate of drug-likeness (QED) is 0.849.